The van der Waals surface area contributed by atoms with Crippen molar-refractivity contribution in [2.24, 2.45) is 5.92 Å². The largest absolute Gasteiger partial charge is 0.382 e. The molecule has 138 valence electrons. The van der Waals surface area contributed by atoms with Crippen LogP contribution in [0.25, 0.3) is 0 Å². The lowest BCUT2D eigenvalue weighted by Crippen LogP contribution is -2.49. The van der Waals surface area contributed by atoms with E-state index < -0.39 is 0 Å². The third-order valence-corrected chi connectivity index (χ3v) is 5.06. The fraction of sp³-hybridized carbons (Fsp3) is 0.600. The number of amides is 2. The quantitative estimate of drug-likeness (QED) is 0.861. The Bertz CT molecular complexity index is 627. The van der Waals surface area contributed by atoms with E-state index in [1.54, 1.807) is 0 Å². The number of rotatable bonds is 5. The summed E-state index contributed by atoms with van der Waals surface area (Å²) in [6.07, 6.45) is 1.84. The van der Waals surface area contributed by atoms with Gasteiger partial charge in [0.1, 0.15) is 0 Å². The summed E-state index contributed by atoms with van der Waals surface area (Å²) >= 11 is 0. The number of hydrogen-bond donors (Lipinski definition) is 2. The van der Waals surface area contributed by atoms with Crippen LogP contribution in [-0.2, 0) is 4.79 Å². The van der Waals surface area contributed by atoms with Crippen molar-refractivity contribution < 1.29 is 9.59 Å². The minimum absolute atomic E-state index is 0.0376. The number of carbonyl (C=O) groups is 2. The van der Waals surface area contributed by atoms with Crippen LogP contribution in [0.1, 0.15) is 56.5 Å². The van der Waals surface area contributed by atoms with Gasteiger partial charge in [-0.2, -0.15) is 0 Å². The first kappa shape index (κ1) is 19.3. The summed E-state index contributed by atoms with van der Waals surface area (Å²) in [4.78, 5) is 26.2. The van der Waals surface area contributed by atoms with E-state index in [0.29, 0.717) is 18.5 Å². The van der Waals surface area contributed by atoms with Crippen LogP contribution in [0.3, 0.4) is 0 Å². The second kappa shape index (κ2) is 8.37. The summed E-state index contributed by atoms with van der Waals surface area (Å²) < 4.78 is 0. The van der Waals surface area contributed by atoms with Gasteiger partial charge in [-0.05, 0) is 50.3 Å². The van der Waals surface area contributed by atoms with Gasteiger partial charge in [0.05, 0.1) is 0 Å². The fourth-order valence-electron chi connectivity index (χ4n) is 3.17. The predicted molar refractivity (Wildman–Crippen MR) is 102 cm³/mol. The molecule has 0 unspecified atom stereocenters. The summed E-state index contributed by atoms with van der Waals surface area (Å²) in [5.41, 5.74) is 2.74. The monoisotopic (exact) mass is 345 g/mol. The van der Waals surface area contributed by atoms with Gasteiger partial charge >= 0.3 is 0 Å². The van der Waals surface area contributed by atoms with E-state index in [0.717, 1.165) is 36.2 Å². The van der Waals surface area contributed by atoms with E-state index in [1.807, 2.05) is 30.0 Å². The summed E-state index contributed by atoms with van der Waals surface area (Å²) in [6, 6.07) is 6.25. The smallest absolute Gasteiger partial charge is 0.254 e. The van der Waals surface area contributed by atoms with E-state index >= 15 is 0 Å². The third kappa shape index (κ3) is 4.97. The van der Waals surface area contributed by atoms with Gasteiger partial charge in [0.2, 0.25) is 5.91 Å². The van der Waals surface area contributed by atoms with Gasteiger partial charge in [0.25, 0.3) is 5.91 Å². The van der Waals surface area contributed by atoms with E-state index in [-0.39, 0.29) is 17.9 Å². The number of nitrogens with one attached hydrogen (secondary N) is 2. The Labute approximate surface area is 151 Å². The molecule has 1 aromatic carbocycles. The highest BCUT2D eigenvalue weighted by atomic mass is 16.2. The molecule has 25 heavy (non-hydrogen) atoms. The standard InChI is InChI=1S/C20H31N3O2/c1-13(2)15(4)21-19-10-6-9-18(14(19)3)20(25)23-11-7-8-17(12-23)22-16(5)24/h6,9-10,13,15,17,21H,7-8,11-12H2,1-5H3,(H,22,24)/t15-,17+/m0/s1. The van der Waals surface area contributed by atoms with Gasteiger partial charge in [-0.15, -0.1) is 0 Å². The summed E-state index contributed by atoms with van der Waals surface area (Å²) in [5, 5.41) is 6.45. The second-order valence-electron chi connectivity index (χ2n) is 7.45. The first-order valence-corrected chi connectivity index (χ1v) is 9.22. The highest BCUT2D eigenvalue weighted by Gasteiger charge is 2.26. The summed E-state index contributed by atoms with van der Waals surface area (Å²) in [5.74, 6) is 0.525. The molecule has 2 amide bonds. The molecule has 1 aliphatic heterocycles. The van der Waals surface area contributed by atoms with Crippen molar-refractivity contribution in [2.45, 2.75) is 59.5 Å². The number of benzene rings is 1. The Balaban J connectivity index is 2.14. The normalized spacial score (nSPS) is 18.8. The molecule has 1 aliphatic rings. The molecule has 5 nitrogen and oxygen atoms in total. The molecule has 1 heterocycles. The molecule has 0 spiro atoms. The second-order valence-corrected chi connectivity index (χ2v) is 7.45. The molecular formula is C20H31N3O2. The fourth-order valence-corrected chi connectivity index (χ4v) is 3.17. The van der Waals surface area contributed by atoms with E-state index in [4.69, 9.17) is 0 Å². The first-order valence-electron chi connectivity index (χ1n) is 9.22. The van der Waals surface area contributed by atoms with Crippen molar-refractivity contribution >= 4 is 17.5 Å². The van der Waals surface area contributed by atoms with Crippen LogP contribution in [0.2, 0.25) is 0 Å². The number of piperidine rings is 1. The van der Waals surface area contributed by atoms with Gasteiger partial charge in [-0.25, -0.2) is 0 Å². The van der Waals surface area contributed by atoms with E-state index in [1.165, 1.54) is 6.92 Å². The van der Waals surface area contributed by atoms with E-state index in [2.05, 4.69) is 31.4 Å². The minimum atomic E-state index is -0.0376. The first-order chi connectivity index (χ1) is 11.8. The zero-order chi connectivity index (χ0) is 18.6. The highest BCUT2D eigenvalue weighted by Crippen LogP contribution is 2.23. The van der Waals surface area contributed by atoms with Gasteiger partial charge in [0, 0.05) is 43.3 Å². The Morgan fingerprint density at radius 2 is 1.96 bits per heavy atom. The average Bonchev–Trinajstić information content (AvgIpc) is 2.55. The molecule has 1 aromatic rings. The number of carbonyl (C=O) groups excluding carboxylic acids is 2. The van der Waals surface area contributed by atoms with Gasteiger partial charge < -0.3 is 15.5 Å². The van der Waals surface area contributed by atoms with Crippen molar-refractivity contribution in [3.8, 4) is 0 Å². The lowest BCUT2D eigenvalue weighted by atomic mass is 10.0. The van der Waals surface area contributed by atoms with E-state index in [9.17, 15) is 9.59 Å². The molecule has 2 rings (SSSR count). The molecular weight excluding hydrogens is 314 g/mol. The van der Waals surface area contributed by atoms with Crippen LogP contribution in [0.15, 0.2) is 18.2 Å². The molecule has 1 fully saturated rings. The molecule has 0 aromatic heterocycles. The van der Waals surface area contributed by atoms with Crippen LogP contribution in [0.5, 0.6) is 0 Å². The third-order valence-electron chi connectivity index (χ3n) is 5.06. The Kier molecular flexibility index (Phi) is 6.45. The van der Waals surface area contributed by atoms with Crippen molar-refractivity contribution in [1.82, 2.24) is 10.2 Å². The Hall–Kier alpha value is -2.04. The maximum Gasteiger partial charge on any atom is 0.254 e. The molecule has 1 saturated heterocycles. The zero-order valence-corrected chi connectivity index (χ0v) is 16.1. The SMILES string of the molecule is CC(=O)N[C@@H]1CCCN(C(=O)c2cccc(N[C@@H](C)C(C)C)c2C)C1. The van der Waals surface area contributed by atoms with Gasteiger partial charge in [-0.1, -0.05) is 19.9 Å². The maximum absolute atomic E-state index is 13.0. The van der Waals surface area contributed by atoms with Gasteiger partial charge in [0.15, 0.2) is 0 Å². The minimum Gasteiger partial charge on any atom is -0.382 e. The molecule has 2 N–H and O–H groups in total. The molecule has 0 saturated carbocycles. The Morgan fingerprint density at radius 3 is 2.60 bits per heavy atom. The average molecular weight is 345 g/mol. The molecule has 0 bridgehead atoms. The number of hydrogen-bond acceptors (Lipinski definition) is 3. The van der Waals surface area contributed by atoms with Crippen molar-refractivity contribution in [1.29, 1.82) is 0 Å². The van der Waals surface area contributed by atoms with Gasteiger partial charge in [-0.3, -0.25) is 9.59 Å². The number of nitrogens with zero attached hydrogens (tertiary/aromatic N) is 1. The van der Waals surface area contributed by atoms with Crippen LogP contribution in [0, 0.1) is 12.8 Å². The van der Waals surface area contributed by atoms with Crippen LogP contribution >= 0.6 is 0 Å². The lowest BCUT2D eigenvalue weighted by molar-refractivity contribution is -0.120. The van der Waals surface area contributed by atoms with Crippen LogP contribution < -0.4 is 10.6 Å². The molecule has 5 heteroatoms. The Morgan fingerprint density at radius 1 is 1.24 bits per heavy atom. The van der Waals surface area contributed by atoms with Crippen LogP contribution in [0.4, 0.5) is 5.69 Å². The van der Waals surface area contributed by atoms with Crippen molar-refractivity contribution in [3.05, 3.63) is 29.3 Å². The van der Waals surface area contributed by atoms with Crippen molar-refractivity contribution in [2.75, 3.05) is 18.4 Å². The molecule has 2 atom stereocenters. The van der Waals surface area contributed by atoms with Crippen molar-refractivity contribution in [3.63, 3.8) is 0 Å². The predicted octanol–water partition coefficient (Wildman–Crippen LogP) is 3.19. The molecule has 0 aliphatic carbocycles. The van der Waals surface area contributed by atoms with Crippen LogP contribution in [-0.4, -0.2) is 41.9 Å². The summed E-state index contributed by atoms with van der Waals surface area (Å²) in [6.45, 7) is 11.4. The number of likely N-dealkylation sites (tertiary alicyclic amines) is 1. The lowest BCUT2D eigenvalue weighted by Gasteiger charge is -2.33. The highest BCUT2D eigenvalue weighted by molar-refractivity contribution is 5.97. The number of anilines is 1. The zero-order valence-electron chi connectivity index (χ0n) is 16.1. The molecule has 0 radical (unpaired) electrons. The summed E-state index contributed by atoms with van der Waals surface area (Å²) in [7, 11) is 0. The maximum atomic E-state index is 13.0. The topological polar surface area (TPSA) is 61.4 Å².